The number of benzene rings is 2. The Bertz CT molecular complexity index is 657. The van der Waals surface area contributed by atoms with Gasteiger partial charge < -0.3 is 4.74 Å². The standard InChI is InChI=1S/C17H17ClN2O2S/c1-22-16-8-4-14(5-9-16)11-23-12-17(21)20-19-10-13-2-6-15(18)7-3-13/h2-10H,11-12H2,1H3,(H,20,21)/b19-10-. The molecule has 0 aliphatic carbocycles. The molecule has 0 aliphatic rings. The largest absolute Gasteiger partial charge is 0.497 e. The number of carbonyl (C=O) groups excluding carboxylic acids is 1. The Labute approximate surface area is 144 Å². The number of thioether (sulfide) groups is 1. The van der Waals surface area contributed by atoms with E-state index in [0.29, 0.717) is 10.8 Å². The number of nitrogens with zero attached hydrogens (tertiary/aromatic N) is 1. The fraction of sp³-hybridized carbons (Fsp3) is 0.176. The number of ether oxygens (including phenoxy) is 1. The minimum atomic E-state index is -0.131. The molecule has 0 aromatic heterocycles. The Morgan fingerprint density at radius 3 is 2.57 bits per heavy atom. The van der Waals surface area contributed by atoms with E-state index in [1.54, 1.807) is 25.5 Å². The third-order valence-corrected chi connectivity index (χ3v) is 4.19. The van der Waals surface area contributed by atoms with Gasteiger partial charge in [0.15, 0.2) is 0 Å². The van der Waals surface area contributed by atoms with Crippen LogP contribution in [-0.4, -0.2) is 25.0 Å². The summed E-state index contributed by atoms with van der Waals surface area (Å²) >= 11 is 7.33. The summed E-state index contributed by atoms with van der Waals surface area (Å²) in [4.78, 5) is 11.7. The average molecular weight is 349 g/mol. The fourth-order valence-corrected chi connectivity index (χ4v) is 2.65. The summed E-state index contributed by atoms with van der Waals surface area (Å²) in [5.41, 5.74) is 4.53. The molecule has 0 spiro atoms. The van der Waals surface area contributed by atoms with Crippen molar-refractivity contribution >= 4 is 35.5 Å². The van der Waals surface area contributed by atoms with Crippen molar-refractivity contribution in [1.82, 2.24) is 5.43 Å². The molecule has 0 saturated carbocycles. The molecule has 0 radical (unpaired) electrons. The van der Waals surface area contributed by atoms with E-state index in [9.17, 15) is 4.79 Å². The Balaban J connectivity index is 1.69. The first kappa shape index (κ1) is 17.4. The van der Waals surface area contributed by atoms with E-state index in [1.165, 1.54) is 11.8 Å². The molecule has 0 bridgehead atoms. The molecule has 0 fully saturated rings. The van der Waals surface area contributed by atoms with Crippen LogP contribution in [-0.2, 0) is 10.5 Å². The molecule has 0 heterocycles. The smallest absolute Gasteiger partial charge is 0.250 e. The molecule has 0 atom stereocenters. The number of carbonyl (C=O) groups is 1. The Kier molecular flexibility index (Phi) is 6.97. The lowest BCUT2D eigenvalue weighted by Crippen LogP contribution is -2.19. The second-order valence-electron chi connectivity index (χ2n) is 4.69. The van der Waals surface area contributed by atoms with Crippen molar-refractivity contribution < 1.29 is 9.53 Å². The summed E-state index contributed by atoms with van der Waals surface area (Å²) in [6.45, 7) is 0. The van der Waals surface area contributed by atoms with E-state index >= 15 is 0 Å². The minimum Gasteiger partial charge on any atom is -0.497 e. The molecule has 2 rings (SSSR count). The molecule has 23 heavy (non-hydrogen) atoms. The lowest BCUT2D eigenvalue weighted by molar-refractivity contribution is -0.118. The third kappa shape index (κ3) is 6.34. The van der Waals surface area contributed by atoms with E-state index in [4.69, 9.17) is 16.3 Å². The van der Waals surface area contributed by atoms with Crippen LogP contribution in [0.4, 0.5) is 0 Å². The molecule has 4 nitrogen and oxygen atoms in total. The van der Waals surface area contributed by atoms with Gasteiger partial charge in [-0.25, -0.2) is 5.43 Å². The van der Waals surface area contributed by atoms with E-state index < -0.39 is 0 Å². The minimum absolute atomic E-state index is 0.131. The van der Waals surface area contributed by atoms with Crippen LogP contribution in [0.2, 0.25) is 5.02 Å². The van der Waals surface area contributed by atoms with Gasteiger partial charge in [0.2, 0.25) is 5.91 Å². The van der Waals surface area contributed by atoms with Gasteiger partial charge in [0, 0.05) is 10.8 Å². The summed E-state index contributed by atoms with van der Waals surface area (Å²) in [6.07, 6.45) is 1.59. The van der Waals surface area contributed by atoms with Crippen LogP contribution in [0.1, 0.15) is 11.1 Å². The quantitative estimate of drug-likeness (QED) is 0.612. The van der Waals surface area contributed by atoms with Crippen molar-refractivity contribution in [3.8, 4) is 5.75 Å². The summed E-state index contributed by atoms with van der Waals surface area (Å²) in [5, 5.41) is 4.59. The first-order valence-corrected chi connectivity index (χ1v) is 8.49. The lowest BCUT2D eigenvalue weighted by Gasteiger charge is -2.03. The highest BCUT2D eigenvalue weighted by Crippen LogP contribution is 2.16. The highest BCUT2D eigenvalue weighted by molar-refractivity contribution is 7.99. The number of nitrogens with one attached hydrogen (secondary N) is 1. The molecule has 6 heteroatoms. The molecule has 0 unspecified atom stereocenters. The third-order valence-electron chi connectivity index (χ3n) is 2.93. The molecule has 0 aliphatic heterocycles. The Morgan fingerprint density at radius 1 is 1.22 bits per heavy atom. The number of rotatable bonds is 7. The molecule has 2 aromatic rings. The summed E-state index contributed by atoms with van der Waals surface area (Å²) in [5.74, 6) is 1.81. The second-order valence-corrected chi connectivity index (χ2v) is 6.11. The van der Waals surface area contributed by atoms with Crippen molar-refractivity contribution in [3.63, 3.8) is 0 Å². The van der Waals surface area contributed by atoms with Gasteiger partial charge in [0.25, 0.3) is 0 Å². The van der Waals surface area contributed by atoms with Crippen molar-refractivity contribution in [2.24, 2.45) is 5.10 Å². The number of methoxy groups -OCH3 is 1. The maximum absolute atomic E-state index is 11.7. The molecular formula is C17H17ClN2O2S. The maximum Gasteiger partial charge on any atom is 0.250 e. The van der Waals surface area contributed by atoms with Crippen LogP contribution in [0.3, 0.4) is 0 Å². The predicted molar refractivity (Wildman–Crippen MR) is 96.3 cm³/mol. The normalized spacial score (nSPS) is 10.7. The molecule has 0 saturated heterocycles. The van der Waals surface area contributed by atoms with Gasteiger partial charge >= 0.3 is 0 Å². The summed E-state index contributed by atoms with van der Waals surface area (Å²) < 4.78 is 5.11. The van der Waals surface area contributed by atoms with Gasteiger partial charge in [0.05, 0.1) is 19.1 Å². The van der Waals surface area contributed by atoms with Crippen LogP contribution < -0.4 is 10.2 Å². The van der Waals surface area contributed by atoms with Crippen molar-refractivity contribution in [2.75, 3.05) is 12.9 Å². The first-order valence-electron chi connectivity index (χ1n) is 6.95. The Hall–Kier alpha value is -1.98. The number of hydrazone groups is 1. The number of amides is 1. The first-order chi connectivity index (χ1) is 11.2. The predicted octanol–water partition coefficient (Wildman–Crippen LogP) is 3.73. The second kappa shape index (κ2) is 9.22. The SMILES string of the molecule is COc1ccc(CSCC(=O)N/N=C\c2ccc(Cl)cc2)cc1. The van der Waals surface area contributed by atoms with Gasteiger partial charge in [0.1, 0.15) is 5.75 Å². The van der Waals surface area contributed by atoms with E-state index in [2.05, 4.69) is 10.5 Å². The van der Waals surface area contributed by atoms with Crippen molar-refractivity contribution in [2.45, 2.75) is 5.75 Å². The maximum atomic E-state index is 11.7. The number of hydrogen-bond donors (Lipinski definition) is 1. The zero-order valence-electron chi connectivity index (χ0n) is 12.7. The van der Waals surface area contributed by atoms with Crippen molar-refractivity contribution in [3.05, 3.63) is 64.7 Å². The van der Waals surface area contributed by atoms with E-state index in [1.807, 2.05) is 36.4 Å². The van der Waals surface area contributed by atoms with Crippen LogP contribution in [0.25, 0.3) is 0 Å². The zero-order valence-corrected chi connectivity index (χ0v) is 14.2. The highest BCUT2D eigenvalue weighted by atomic mass is 35.5. The lowest BCUT2D eigenvalue weighted by atomic mass is 10.2. The molecular weight excluding hydrogens is 332 g/mol. The van der Waals surface area contributed by atoms with E-state index in [0.717, 1.165) is 22.6 Å². The van der Waals surface area contributed by atoms with E-state index in [-0.39, 0.29) is 5.91 Å². The van der Waals surface area contributed by atoms with Crippen molar-refractivity contribution in [1.29, 1.82) is 0 Å². The van der Waals surface area contributed by atoms with Crippen LogP contribution in [0, 0.1) is 0 Å². The van der Waals surface area contributed by atoms with Crippen LogP contribution in [0.5, 0.6) is 5.75 Å². The van der Waals surface area contributed by atoms with Crippen LogP contribution >= 0.6 is 23.4 Å². The monoisotopic (exact) mass is 348 g/mol. The number of hydrogen-bond acceptors (Lipinski definition) is 4. The van der Waals surface area contributed by atoms with Crippen LogP contribution in [0.15, 0.2) is 53.6 Å². The average Bonchev–Trinajstić information content (AvgIpc) is 2.57. The topological polar surface area (TPSA) is 50.7 Å². The van der Waals surface area contributed by atoms with Gasteiger partial charge in [-0.3, -0.25) is 4.79 Å². The van der Waals surface area contributed by atoms with Gasteiger partial charge in [-0.2, -0.15) is 5.10 Å². The fourth-order valence-electron chi connectivity index (χ4n) is 1.74. The molecule has 120 valence electrons. The number of halogens is 1. The summed E-state index contributed by atoms with van der Waals surface area (Å²) in [6, 6.07) is 15.0. The highest BCUT2D eigenvalue weighted by Gasteiger charge is 2.01. The van der Waals surface area contributed by atoms with Gasteiger partial charge in [-0.05, 0) is 35.4 Å². The summed E-state index contributed by atoms with van der Waals surface area (Å²) in [7, 11) is 1.64. The molecule has 1 N–H and O–H groups in total. The van der Waals surface area contributed by atoms with Gasteiger partial charge in [-0.1, -0.05) is 35.9 Å². The molecule has 1 amide bonds. The zero-order chi connectivity index (χ0) is 16.5. The Morgan fingerprint density at radius 2 is 1.91 bits per heavy atom. The molecule has 2 aromatic carbocycles. The van der Waals surface area contributed by atoms with Gasteiger partial charge in [-0.15, -0.1) is 11.8 Å².